The minimum Gasteiger partial charge on any atom is -0.495 e. The van der Waals surface area contributed by atoms with Crippen LogP contribution in [0.4, 0.5) is 11.4 Å². The quantitative estimate of drug-likeness (QED) is 0.881. The number of anilines is 2. The van der Waals surface area contributed by atoms with Crippen LogP contribution in [0.1, 0.15) is 6.42 Å². The Morgan fingerprint density at radius 1 is 1.33 bits per heavy atom. The number of ether oxygens (including phenoxy) is 1. The summed E-state index contributed by atoms with van der Waals surface area (Å²) in [6.07, 6.45) is 1.06. The van der Waals surface area contributed by atoms with E-state index >= 15 is 0 Å². The Bertz CT molecular complexity index is 739. The van der Waals surface area contributed by atoms with Gasteiger partial charge in [0.05, 0.1) is 24.4 Å². The largest absolute Gasteiger partial charge is 0.495 e. The third kappa shape index (κ3) is 3.97. The molecule has 0 fully saturated rings. The number of amides is 1. The summed E-state index contributed by atoms with van der Waals surface area (Å²) < 4.78 is 5.12. The standard InChI is InChI=1S/C18H19ClN2O2S/c1-23-16-8-7-13(11-14(16)19)20-18(22)12-21-9-4-10-24-17-6-3-2-5-15(17)21/h2-3,5-8,11H,4,9-10,12H2,1H3,(H,20,22). The second kappa shape index (κ2) is 7.81. The van der Waals surface area contributed by atoms with Crippen molar-refractivity contribution in [3.05, 3.63) is 47.5 Å². The topological polar surface area (TPSA) is 41.6 Å². The summed E-state index contributed by atoms with van der Waals surface area (Å²) in [6, 6.07) is 13.5. The normalized spacial score (nSPS) is 13.8. The minimum absolute atomic E-state index is 0.0575. The smallest absolute Gasteiger partial charge is 0.243 e. The summed E-state index contributed by atoms with van der Waals surface area (Å²) >= 11 is 7.95. The van der Waals surface area contributed by atoms with E-state index in [4.69, 9.17) is 16.3 Å². The lowest BCUT2D eigenvalue weighted by atomic mass is 10.2. The number of hydrogen-bond acceptors (Lipinski definition) is 4. The molecule has 2 aromatic rings. The van der Waals surface area contributed by atoms with Gasteiger partial charge in [0.1, 0.15) is 5.75 Å². The molecule has 3 rings (SSSR count). The maximum Gasteiger partial charge on any atom is 0.243 e. The number of methoxy groups -OCH3 is 1. The van der Waals surface area contributed by atoms with Crippen molar-refractivity contribution in [1.82, 2.24) is 0 Å². The van der Waals surface area contributed by atoms with Gasteiger partial charge in [-0.15, -0.1) is 11.8 Å². The summed E-state index contributed by atoms with van der Waals surface area (Å²) in [6.45, 7) is 1.20. The molecule has 0 saturated carbocycles. The number of halogens is 1. The van der Waals surface area contributed by atoms with Gasteiger partial charge in [-0.2, -0.15) is 0 Å². The number of benzene rings is 2. The lowest BCUT2D eigenvalue weighted by Crippen LogP contribution is -2.34. The Morgan fingerprint density at radius 2 is 2.17 bits per heavy atom. The molecule has 1 heterocycles. The Kier molecular flexibility index (Phi) is 5.53. The van der Waals surface area contributed by atoms with Gasteiger partial charge >= 0.3 is 0 Å². The molecule has 0 aliphatic carbocycles. The number of thioether (sulfide) groups is 1. The maximum absolute atomic E-state index is 12.4. The molecule has 0 bridgehead atoms. The molecule has 1 N–H and O–H groups in total. The lowest BCUT2D eigenvalue weighted by molar-refractivity contribution is -0.115. The highest BCUT2D eigenvalue weighted by atomic mass is 35.5. The SMILES string of the molecule is COc1ccc(NC(=O)CN2CCCSc3ccccc32)cc1Cl. The van der Waals surface area contributed by atoms with Gasteiger partial charge in [0.25, 0.3) is 0 Å². The van der Waals surface area contributed by atoms with Crippen LogP contribution < -0.4 is 15.0 Å². The predicted octanol–water partition coefficient (Wildman–Crippen LogP) is 4.29. The van der Waals surface area contributed by atoms with E-state index in [2.05, 4.69) is 22.3 Å². The van der Waals surface area contributed by atoms with Gasteiger partial charge in [-0.05, 0) is 42.5 Å². The van der Waals surface area contributed by atoms with E-state index < -0.39 is 0 Å². The van der Waals surface area contributed by atoms with Gasteiger partial charge in [0, 0.05) is 17.1 Å². The molecule has 2 aromatic carbocycles. The van der Waals surface area contributed by atoms with Crippen LogP contribution in [0.15, 0.2) is 47.4 Å². The van der Waals surface area contributed by atoms with E-state index in [1.54, 1.807) is 25.3 Å². The molecule has 24 heavy (non-hydrogen) atoms. The first-order valence-electron chi connectivity index (χ1n) is 7.77. The average Bonchev–Trinajstić information content (AvgIpc) is 2.78. The fourth-order valence-electron chi connectivity index (χ4n) is 2.68. The summed E-state index contributed by atoms with van der Waals surface area (Å²) in [4.78, 5) is 15.8. The maximum atomic E-state index is 12.4. The molecule has 0 unspecified atom stereocenters. The van der Waals surface area contributed by atoms with E-state index in [9.17, 15) is 4.79 Å². The van der Waals surface area contributed by atoms with Crippen LogP contribution in [0.25, 0.3) is 0 Å². The highest BCUT2D eigenvalue weighted by Crippen LogP contribution is 2.33. The van der Waals surface area contributed by atoms with Crippen LogP contribution in [0.3, 0.4) is 0 Å². The molecule has 0 aromatic heterocycles. The van der Waals surface area contributed by atoms with Crippen molar-refractivity contribution in [3.63, 3.8) is 0 Å². The van der Waals surface area contributed by atoms with Crippen LogP contribution >= 0.6 is 23.4 Å². The van der Waals surface area contributed by atoms with Crippen LogP contribution in [0, 0.1) is 0 Å². The molecule has 1 amide bonds. The monoisotopic (exact) mass is 362 g/mol. The van der Waals surface area contributed by atoms with Crippen LogP contribution in [0.2, 0.25) is 5.02 Å². The Morgan fingerprint density at radius 3 is 2.96 bits per heavy atom. The van der Waals surface area contributed by atoms with Crippen LogP contribution in [-0.2, 0) is 4.79 Å². The van der Waals surface area contributed by atoms with Crippen LogP contribution in [0.5, 0.6) is 5.75 Å². The summed E-state index contributed by atoms with van der Waals surface area (Å²) in [5, 5.41) is 3.38. The molecule has 0 atom stereocenters. The molecular weight excluding hydrogens is 344 g/mol. The van der Waals surface area contributed by atoms with Crippen molar-refractivity contribution in [2.75, 3.05) is 36.2 Å². The zero-order valence-electron chi connectivity index (χ0n) is 13.4. The van der Waals surface area contributed by atoms with Gasteiger partial charge in [-0.25, -0.2) is 0 Å². The van der Waals surface area contributed by atoms with E-state index in [1.165, 1.54) is 4.90 Å². The summed E-state index contributed by atoms with van der Waals surface area (Å²) in [7, 11) is 1.56. The van der Waals surface area contributed by atoms with E-state index in [0.29, 0.717) is 23.0 Å². The second-order valence-electron chi connectivity index (χ2n) is 5.49. The van der Waals surface area contributed by atoms with Crippen molar-refractivity contribution in [2.24, 2.45) is 0 Å². The lowest BCUT2D eigenvalue weighted by Gasteiger charge is -2.23. The third-order valence-corrected chi connectivity index (χ3v) is 5.25. The number of hydrogen-bond donors (Lipinski definition) is 1. The van der Waals surface area contributed by atoms with Gasteiger partial charge in [-0.3, -0.25) is 4.79 Å². The van der Waals surface area contributed by atoms with Crippen LogP contribution in [-0.4, -0.2) is 31.9 Å². The zero-order chi connectivity index (χ0) is 16.9. The van der Waals surface area contributed by atoms with Crippen molar-refractivity contribution in [1.29, 1.82) is 0 Å². The Hall–Kier alpha value is -1.85. The molecule has 0 spiro atoms. The predicted molar refractivity (Wildman–Crippen MR) is 101 cm³/mol. The molecule has 1 aliphatic rings. The van der Waals surface area contributed by atoms with Crippen molar-refractivity contribution in [2.45, 2.75) is 11.3 Å². The highest BCUT2D eigenvalue weighted by molar-refractivity contribution is 7.99. The number of para-hydroxylation sites is 1. The first kappa shape index (κ1) is 17.0. The van der Waals surface area contributed by atoms with Crippen molar-refractivity contribution >= 4 is 40.6 Å². The number of fused-ring (bicyclic) bond motifs is 1. The van der Waals surface area contributed by atoms with Gasteiger partial charge in [0.2, 0.25) is 5.91 Å². The fraction of sp³-hybridized carbons (Fsp3) is 0.278. The Labute approximate surface area is 151 Å². The molecule has 4 nitrogen and oxygen atoms in total. The van der Waals surface area contributed by atoms with E-state index in [-0.39, 0.29) is 5.91 Å². The van der Waals surface area contributed by atoms with E-state index in [0.717, 1.165) is 24.4 Å². The van der Waals surface area contributed by atoms with E-state index in [1.807, 2.05) is 23.9 Å². The van der Waals surface area contributed by atoms with Gasteiger partial charge in [-0.1, -0.05) is 23.7 Å². The first-order chi connectivity index (χ1) is 11.7. The fourth-order valence-corrected chi connectivity index (χ4v) is 3.95. The number of carbonyl (C=O) groups is 1. The van der Waals surface area contributed by atoms with Crippen molar-refractivity contribution < 1.29 is 9.53 Å². The average molecular weight is 363 g/mol. The molecule has 0 radical (unpaired) electrons. The summed E-state index contributed by atoms with van der Waals surface area (Å²) in [5.74, 6) is 1.61. The molecule has 6 heteroatoms. The van der Waals surface area contributed by atoms with Gasteiger partial charge < -0.3 is 15.0 Å². The molecule has 1 aliphatic heterocycles. The van der Waals surface area contributed by atoms with Crippen molar-refractivity contribution in [3.8, 4) is 5.75 Å². The first-order valence-corrected chi connectivity index (χ1v) is 9.14. The number of nitrogens with one attached hydrogen (secondary N) is 1. The molecular formula is C18H19ClN2O2S. The Balaban J connectivity index is 1.70. The summed E-state index contributed by atoms with van der Waals surface area (Å²) in [5.41, 5.74) is 1.80. The zero-order valence-corrected chi connectivity index (χ0v) is 15.0. The minimum atomic E-state index is -0.0575. The molecule has 0 saturated heterocycles. The second-order valence-corrected chi connectivity index (χ2v) is 7.03. The van der Waals surface area contributed by atoms with Gasteiger partial charge in [0.15, 0.2) is 0 Å². The molecule has 126 valence electrons. The third-order valence-electron chi connectivity index (χ3n) is 3.81. The highest BCUT2D eigenvalue weighted by Gasteiger charge is 2.18. The number of carbonyl (C=O) groups excluding carboxylic acids is 1. The number of nitrogens with zero attached hydrogens (tertiary/aromatic N) is 1. The number of rotatable bonds is 4.